The molecule has 0 aliphatic rings. The summed E-state index contributed by atoms with van der Waals surface area (Å²) in [5.74, 6) is 0.820. The number of hydrogen-bond donors (Lipinski definition) is 0. The molecule has 0 aliphatic carbocycles. The van der Waals surface area contributed by atoms with E-state index in [0.717, 1.165) is 42.7 Å². The zero-order valence-electron chi connectivity index (χ0n) is 11.5. The molecule has 0 fully saturated rings. The van der Waals surface area contributed by atoms with Gasteiger partial charge in [-0.25, -0.2) is 0 Å². The maximum Gasteiger partial charge on any atom is 0.193 e. The van der Waals surface area contributed by atoms with Crippen molar-refractivity contribution < 1.29 is 4.79 Å². The molecular formula is C18H19ClO. The number of halogens is 1. The summed E-state index contributed by atoms with van der Waals surface area (Å²) in [5, 5.41) is 0. The van der Waals surface area contributed by atoms with Crippen molar-refractivity contribution in [2.45, 2.75) is 25.7 Å². The minimum absolute atomic E-state index is 0.0909. The molecule has 2 rings (SSSR count). The highest BCUT2D eigenvalue weighted by Gasteiger charge is 2.08. The van der Waals surface area contributed by atoms with Gasteiger partial charge in [0.25, 0.3) is 0 Å². The first-order valence-electron chi connectivity index (χ1n) is 7.06. The lowest BCUT2D eigenvalue weighted by Gasteiger charge is -2.05. The van der Waals surface area contributed by atoms with Gasteiger partial charge < -0.3 is 0 Å². The molecule has 0 heterocycles. The Balaban J connectivity index is 2.04. The number of rotatable bonds is 7. The van der Waals surface area contributed by atoms with Gasteiger partial charge in [0.15, 0.2) is 5.78 Å². The fourth-order valence-corrected chi connectivity index (χ4v) is 2.41. The maximum atomic E-state index is 12.4. The van der Waals surface area contributed by atoms with Crippen LogP contribution in [0.3, 0.4) is 0 Å². The van der Waals surface area contributed by atoms with Gasteiger partial charge >= 0.3 is 0 Å². The minimum Gasteiger partial charge on any atom is -0.289 e. The van der Waals surface area contributed by atoms with Crippen molar-refractivity contribution in [1.29, 1.82) is 0 Å². The smallest absolute Gasteiger partial charge is 0.193 e. The summed E-state index contributed by atoms with van der Waals surface area (Å²) < 4.78 is 0. The lowest BCUT2D eigenvalue weighted by Crippen LogP contribution is -2.01. The van der Waals surface area contributed by atoms with E-state index in [1.54, 1.807) is 0 Å². The highest BCUT2D eigenvalue weighted by atomic mass is 35.5. The van der Waals surface area contributed by atoms with Crippen molar-refractivity contribution in [3.05, 3.63) is 71.3 Å². The van der Waals surface area contributed by atoms with Crippen molar-refractivity contribution >= 4 is 17.4 Å². The van der Waals surface area contributed by atoms with Gasteiger partial charge in [0.05, 0.1) is 0 Å². The van der Waals surface area contributed by atoms with Gasteiger partial charge in [-0.15, -0.1) is 11.6 Å². The highest BCUT2D eigenvalue weighted by molar-refractivity contribution is 6.17. The van der Waals surface area contributed by atoms with E-state index in [9.17, 15) is 4.79 Å². The van der Waals surface area contributed by atoms with E-state index in [2.05, 4.69) is 6.07 Å². The summed E-state index contributed by atoms with van der Waals surface area (Å²) in [4.78, 5) is 12.4. The van der Waals surface area contributed by atoms with Crippen LogP contribution in [0.25, 0.3) is 0 Å². The molecule has 0 radical (unpaired) electrons. The summed E-state index contributed by atoms with van der Waals surface area (Å²) in [6.45, 7) is 0. The molecule has 104 valence electrons. The molecular weight excluding hydrogens is 268 g/mol. The number of unbranched alkanes of at least 4 members (excludes halogenated alkanes) is 2. The third kappa shape index (κ3) is 4.21. The fraction of sp³-hybridized carbons (Fsp3) is 0.278. The average molecular weight is 287 g/mol. The summed E-state index contributed by atoms with van der Waals surface area (Å²) in [6.07, 6.45) is 4.33. The SMILES string of the molecule is O=C(c1ccccc1)c1cccc(CCCCCCl)c1. The van der Waals surface area contributed by atoms with E-state index in [0.29, 0.717) is 0 Å². The molecule has 0 saturated carbocycles. The Hall–Kier alpha value is -1.60. The van der Waals surface area contributed by atoms with Crippen LogP contribution in [-0.2, 0) is 6.42 Å². The molecule has 2 aromatic carbocycles. The molecule has 1 nitrogen and oxygen atoms in total. The molecule has 0 unspecified atom stereocenters. The molecule has 0 bridgehead atoms. The van der Waals surface area contributed by atoms with Crippen LogP contribution < -0.4 is 0 Å². The van der Waals surface area contributed by atoms with Gasteiger partial charge in [0.1, 0.15) is 0 Å². The van der Waals surface area contributed by atoms with Gasteiger partial charge in [-0.05, 0) is 30.9 Å². The first kappa shape index (κ1) is 14.8. The summed E-state index contributed by atoms with van der Waals surface area (Å²) >= 11 is 5.67. The molecule has 2 aromatic rings. The van der Waals surface area contributed by atoms with Gasteiger partial charge in [0.2, 0.25) is 0 Å². The van der Waals surface area contributed by atoms with E-state index in [1.165, 1.54) is 5.56 Å². The predicted octanol–water partition coefficient (Wildman–Crippen LogP) is 4.87. The number of ketones is 1. The molecule has 0 saturated heterocycles. The Morgan fingerprint density at radius 3 is 2.35 bits per heavy atom. The van der Waals surface area contributed by atoms with Crippen LogP contribution in [0.2, 0.25) is 0 Å². The van der Waals surface area contributed by atoms with Crippen LogP contribution in [0, 0.1) is 0 Å². The number of aryl methyl sites for hydroxylation is 1. The first-order chi connectivity index (χ1) is 9.81. The predicted molar refractivity (Wildman–Crippen MR) is 84.6 cm³/mol. The minimum atomic E-state index is 0.0909. The summed E-state index contributed by atoms with van der Waals surface area (Å²) in [7, 11) is 0. The summed E-state index contributed by atoms with van der Waals surface area (Å²) in [6, 6.07) is 17.4. The van der Waals surface area contributed by atoms with Crippen molar-refractivity contribution in [3.63, 3.8) is 0 Å². The average Bonchev–Trinajstić information content (AvgIpc) is 2.52. The Morgan fingerprint density at radius 1 is 0.850 bits per heavy atom. The van der Waals surface area contributed by atoms with Crippen molar-refractivity contribution in [2.75, 3.05) is 5.88 Å². The Labute approximate surface area is 125 Å². The Morgan fingerprint density at radius 2 is 1.60 bits per heavy atom. The van der Waals surface area contributed by atoms with Crippen LogP contribution in [0.1, 0.15) is 40.7 Å². The topological polar surface area (TPSA) is 17.1 Å². The molecule has 0 spiro atoms. The second kappa shape index (κ2) is 7.86. The van der Waals surface area contributed by atoms with E-state index >= 15 is 0 Å². The third-order valence-electron chi connectivity index (χ3n) is 3.32. The monoisotopic (exact) mass is 286 g/mol. The molecule has 2 heteroatoms. The molecule has 0 aliphatic heterocycles. The van der Waals surface area contributed by atoms with E-state index in [4.69, 9.17) is 11.6 Å². The largest absolute Gasteiger partial charge is 0.289 e. The first-order valence-corrected chi connectivity index (χ1v) is 7.59. The molecule has 0 aromatic heterocycles. The highest BCUT2D eigenvalue weighted by Crippen LogP contribution is 2.14. The molecule has 0 N–H and O–H groups in total. The number of alkyl halides is 1. The Kier molecular flexibility index (Phi) is 5.82. The lowest BCUT2D eigenvalue weighted by molar-refractivity contribution is 0.103. The van der Waals surface area contributed by atoms with Crippen LogP contribution in [0.4, 0.5) is 0 Å². The van der Waals surface area contributed by atoms with Crippen LogP contribution >= 0.6 is 11.6 Å². The second-order valence-electron chi connectivity index (χ2n) is 4.90. The molecule has 0 atom stereocenters. The van der Waals surface area contributed by atoms with E-state index in [1.807, 2.05) is 48.5 Å². The van der Waals surface area contributed by atoms with Crippen LogP contribution in [0.15, 0.2) is 54.6 Å². The van der Waals surface area contributed by atoms with Crippen molar-refractivity contribution in [2.24, 2.45) is 0 Å². The van der Waals surface area contributed by atoms with Gasteiger partial charge in [-0.1, -0.05) is 55.0 Å². The third-order valence-corrected chi connectivity index (χ3v) is 3.59. The quantitative estimate of drug-likeness (QED) is 0.403. The number of carbonyl (C=O) groups excluding carboxylic acids is 1. The molecule has 20 heavy (non-hydrogen) atoms. The molecule has 0 amide bonds. The lowest BCUT2D eigenvalue weighted by atomic mass is 9.99. The number of carbonyl (C=O) groups is 1. The zero-order valence-corrected chi connectivity index (χ0v) is 12.3. The Bertz CT molecular complexity index is 548. The van der Waals surface area contributed by atoms with E-state index in [-0.39, 0.29) is 5.78 Å². The van der Waals surface area contributed by atoms with Gasteiger partial charge in [-0.3, -0.25) is 4.79 Å². The van der Waals surface area contributed by atoms with E-state index < -0.39 is 0 Å². The van der Waals surface area contributed by atoms with Gasteiger partial charge in [-0.2, -0.15) is 0 Å². The van der Waals surface area contributed by atoms with Crippen LogP contribution in [-0.4, -0.2) is 11.7 Å². The summed E-state index contributed by atoms with van der Waals surface area (Å²) in [5.41, 5.74) is 2.74. The number of hydrogen-bond acceptors (Lipinski definition) is 1. The van der Waals surface area contributed by atoms with Crippen LogP contribution in [0.5, 0.6) is 0 Å². The fourth-order valence-electron chi connectivity index (χ4n) is 2.22. The van der Waals surface area contributed by atoms with Gasteiger partial charge in [0, 0.05) is 17.0 Å². The zero-order chi connectivity index (χ0) is 14.2. The van der Waals surface area contributed by atoms with Crippen molar-refractivity contribution in [1.82, 2.24) is 0 Å². The maximum absolute atomic E-state index is 12.4. The van der Waals surface area contributed by atoms with Crippen molar-refractivity contribution in [3.8, 4) is 0 Å². The normalized spacial score (nSPS) is 10.4. The second-order valence-corrected chi connectivity index (χ2v) is 5.27. The standard InChI is InChI=1S/C18H19ClO/c19-13-6-2-3-8-15-9-7-12-17(14-15)18(20)16-10-4-1-5-11-16/h1,4-5,7,9-12,14H,2-3,6,8,13H2. The number of benzene rings is 2.